The van der Waals surface area contributed by atoms with Gasteiger partial charge >= 0.3 is 0 Å². The number of hydrogen-bond donors (Lipinski definition) is 15. The van der Waals surface area contributed by atoms with Crippen molar-refractivity contribution in [2.24, 2.45) is 45.3 Å². The third kappa shape index (κ3) is 10.9. The summed E-state index contributed by atoms with van der Waals surface area (Å²) in [5.74, 6) is 0.345. The van der Waals surface area contributed by atoms with Gasteiger partial charge in [-0.05, 0) is 106 Å². The maximum absolute atomic E-state index is 12.7. The van der Waals surface area contributed by atoms with E-state index in [0.717, 1.165) is 18.4 Å². The number of hydrogen-bond acceptors (Lipinski definition) is 23. The smallest absolute Gasteiger partial charge is 0.187 e. The zero-order chi connectivity index (χ0) is 57.5. The van der Waals surface area contributed by atoms with Gasteiger partial charge in [-0.15, -0.1) is 0 Å². The van der Waals surface area contributed by atoms with Gasteiger partial charge in [0.2, 0.25) is 0 Å². The molecule has 4 saturated heterocycles. The molecule has 15 N–H and O–H groups in total. The van der Waals surface area contributed by atoms with Crippen LogP contribution in [0.3, 0.4) is 0 Å². The predicted octanol–water partition coefficient (Wildman–Crippen LogP) is -1.81. The standard InChI is InChI=1S/C55H94O23/c1-10-27-35(60)40(65)46(78-49-43(68)39(64)37(62)29(21-57)73-49)50(71-27)76-34(52(5,6)70)15-11-23(2)24-17-18-53(7)31-14-12-25-26(55(31,9)32(59)19-54(24,53)8)13-16-33(51(25,3)4)75-47-44(69)41(66)45(30(22-58)74-47)77-48-42(67)38(63)36(61)28(20-56)72-48/h12,23-24,26-50,56-70H,10-11,13-22H2,1-9H3/t23-,24-,26-,27-,28-,29-,30-,31+,32-,33+,34-,35-,36-,37-,38+,39+,40+,41-,42-,43-,44-,45-,46-,47+,48+,49+,50+,53+,54-,55+/m1/s1. The minimum Gasteiger partial charge on any atom is -0.394 e. The monoisotopic (exact) mass is 1120 g/mol. The van der Waals surface area contributed by atoms with Crippen LogP contribution < -0.4 is 0 Å². The Kier molecular flexibility index (Phi) is 19.1. The molecule has 23 nitrogen and oxygen atoms in total. The van der Waals surface area contributed by atoms with Crippen LogP contribution in [0.4, 0.5) is 0 Å². The van der Waals surface area contributed by atoms with Crippen LogP contribution in [0.5, 0.6) is 0 Å². The van der Waals surface area contributed by atoms with E-state index in [1.165, 1.54) is 0 Å². The molecule has 4 aliphatic heterocycles. The van der Waals surface area contributed by atoms with Gasteiger partial charge in [0.15, 0.2) is 25.2 Å². The number of aliphatic hydroxyl groups is 15. The first-order valence-electron chi connectivity index (χ1n) is 28.4. The van der Waals surface area contributed by atoms with Gasteiger partial charge in [0.05, 0.1) is 49.8 Å². The second-order valence-electron chi connectivity index (χ2n) is 26.1. The molecule has 0 aromatic rings. The molecule has 0 spiro atoms. The molecule has 0 unspecified atom stereocenters. The third-order valence-corrected chi connectivity index (χ3v) is 21.0. The largest absolute Gasteiger partial charge is 0.394 e. The van der Waals surface area contributed by atoms with Crippen molar-refractivity contribution in [3.05, 3.63) is 11.6 Å². The molecule has 23 heteroatoms. The second kappa shape index (κ2) is 23.7. The summed E-state index contributed by atoms with van der Waals surface area (Å²) in [6.07, 6.45) is -25.1. The van der Waals surface area contributed by atoms with Crippen molar-refractivity contribution in [1.82, 2.24) is 0 Å². The summed E-state index contributed by atoms with van der Waals surface area (Å²) in [5, 5.41) is 162. The van der Waals surface area contributed by atoms with E-state index in [0.29, 0.717) is 38.5 Å². The summed E-state index contributed by atoms with van der Waals surface area (Å²) < 4.78 is 48.2. The molecule has 8 aliphatic rings. The normalized spacial score (nSPS) is 51.4. The van der Waals surface area contributed by atoms with E-state index >= 15 is 0 Å². The van der Waals surface area contributed by atoms with E-state index in [4.69, 9.17) is 37.9 Å². The van der Waals surface area contributed by atoms with Gasteiger partial charge in [0.25, 0.3) is 0 Å². The Morgan fingerprint density at radius 3 is 1.64 bits per heavy atom. The Labute approximate surface area is 457 Å². The summed E-state index contributed by atoms with van der Waals surface area (Å²) in [5.41, 5.74) is -1.96. The van der Waals surface area contributed by atoms with Crippen LogP contribution in [0.1, 0.15) is 120 Å². The van der Waals surface area contributed by atoms with Gasteiger partial charge in [-0.1, -0.05) is 60.1 Å². The van der Waals surface area contributed by atoms with Crippen LogP contribution in [0.2, 0.25) is 0 Å². The fourth-order valence-corrected chi connectivity index (χ4v) is 15.9. The van der Waals surface area contributed by atoms with Crippen molar-refractivity contribution in [3.8, 4) is 0 Å². The summed E-state index contributed by atoms with van der Waals surface area (Å²) in [4.78, 5) is 0. The highest BCUT2D eigenvalue weighted by Crippen LogP contribution is 2.75. The van der Waals surface area contributed by atoms with Crippen LogP contribution in [0.25, 0.3) is 0 Å². The van der Waals surface area contributed by atoms with Crippen molar-refractivity contribution in [2.75, 3.05) is 19.8 Å². The van der Waals surface area contributed by atoms with Gasteiger partial charge in [-0.3, -0.25) is 0 Å². The molecule has 8 rings (SSSR count). The van der Waals surface area contributed by atoms with Crippen molar-refractivity contribution < 1.29 is 114 Å². The van der Waals surface area contributed by atoms with E-state index in [2.05, 4.69) is 47.6 Å². The fraction of sp³-hybridized carbons (Fsp3) is 0.964. The molecule has 4 heterocycles. The highest BCUT2D eigenvalue weighted by molar-refractivity contribution is 5.32. The lowest BCUT2D eigenvalue weighted by atomic mass is 9.38. The molecule has 7 fully saturated rings. The maximum atomic E-state index is 12.7. The lowest BCUT2D eigenvalue weighted by Crippen LogP contribution is -2.66. The maximum Gasteiger partial charge on any atom is 0.187 e. The quantitative estimate of drug-likeness (QED) is 0.0714. The van der Waals surface area contributed by atoms with Crippen LogP contribution in [-0.2, 0) is 37.9 Å². The number of aliphatic hydroxyl groups excluding tert-OH is 14. The summed E-state index contributed by atoms with van der Waals surface area (Å²) in [6, 6.07) is 0. The number of rotatable bonds is 17. The highest BCUT2D eigenvalue weighted by atomic mass is 16.8. The molecule has 0 radical (unpaired) electrons. The average molecular weight is 1120 g/mol. The molecule has 0 amide bonds. The number of allylic oxidation sites excluding steroid dienone is 1. The summed E-state index contributed by atoms with van der Waals surface area (Å²) in [6.45, 7) is 16.1. The number of fused-ring (bicyclic) bond motifs is 5. The van der Waals surface area contributed by atoms with E-state index in [1.807, 2.05) is 0 Å². The molecule has 0 aromatic heterocycles. The molecule has 452 valence electrons. The third-order valence-electron chi connectivity index (χ3n) is 21.0. The molecular weight excluding hydrogens is 1030 g/mol. The summed E-state index contributed by atoms with van der Waals surface area (Å²) >= 11 is 0. The van der Waals surface area contributed by atoms with E-state index in [-0.39, 0.29) is 40.9 Å². The lowest BCUT2D eigenvalue weighted by Gasteiger charge is -2.67. The first-order valence-corrected chi connectivity index (χ1v) is 28.4. The molecular formula is C55H94O23. The highest BCUT2D eigenvalue weighted by Gasteiger charge is 2.70. The van der Waals surface area contributed by atoms with E-state index in [1.54, 1.807) is 20.8 Å². The Morgan fingerprint density at radius 1 is 0.590 bits per heavy atom. The van der Waals surface area contributed by atoms with E-state index in [9.17, 15) is 76.6 Å². The first kappa shape index (κ1) is 62.9. The van der Waals surface area contributed by atoms with Crippen LogP contribution >= 0.6 is 0 Å². The van der Waals surface area contributed by atoms with Gasteiger partial charge in [0.1, 0.15) is 91.6 Å². The van der Waals surface area contributed by atoms with Gasteiger partial charge in [-0.2, -0.15) is 0 Å². The fourth-order valence-electron chi connectivity index (χ4n) is 15.9. The molecule has 3 saturated carbocycles. The van der Waals surface area contributed by atoms with Crippen molar-refractivity contribution in [3.63, 3.8) is 0 Å². The Bertz CT molecular complexity index is 2020. The minimum atomic E-state index is -1.80. The van der Waals surface area contributed by atoms with Crippen molar-refractivity contribution in [1.29, 1.82) is 0 Å². The van der Waals surface area contributed by atoms with Crippen LogP contribution in [0, 0.1) is 45.3 Å². The second-order valence-corrected chi connectivity index (χ2v) is 26.1. The van der Waals surface area contributed by atoms with Gasteiger partial charge < -0.3 is 114 Å². The molecule has 0 aromatic carbocycles. The SMILES string of the molecule is CC[C@H]1O[C@@H](O[C@H](CC[C@@H](C)[C@H]2CC[C@@]3(C)[C@@H]4CC=C5[C@@H](CC[C@H](O[C@@H]6O[C@H](CO)[C@@H](O[C@@H]7O[C@H](CO)[C@@H](O)[C@H](O)[C@H]7O)[C@H](O)[C@H]6O)C5(C)C)[C@]4(C)[C@H](O)C[C@]23C)C(C)(C)O)[C@H](O[C@@H]2O[C@H](CO)[C@@H](O)[C@H](O)[C@H]2O)[C@@H](O)[C@@H]1O. The first-order chi connectivity index (χ1) is 36.5. The molecule has 78 heavy (non-hydrogen) atoms. The molecule has 30 atom stereocenters. The zero-order valence-electron chi connectivity index (χ0n) is 46.6. The summed E-state index contributed by atoms with van der Waals surface area (Å²) in [7, 11) is 0. The Hall–Kier alpha value is -1.18. The minimum absolute atomic E-state index is 0.0182. The Morgan fingerprint density at radius 2 is 1.09 bits per heavy atom. The Balaban J connectivity index is 0.942. The average Bonchev–Trinajstić information content (AvgIpc) is 3.03. The topological polar surface area (TPSA) is 377 Å². The van der Waals surface area contributed by atoms with Gasteiger partial charge in [-0.25, -0.2) is 0 Å². The van der Waals surface area contributed by atoms with Crippen molar-refractivity contribution >= 4 is 0 Å². The van der Waals surface area contributed by atoms with Crippen LogP contribution in [0.15, 0.2) is 11.6 Å². The number of ether oxygens (including phenoxy) is 8. The predicted molar refractivity (Wildman–Crippen MR) is 271 cm³/mol. The van der Waals surface area contributed by atoms with Crippen LogP contribution in [-0.4, -0.2) is 243 Å². The lowest BCUT2D eigenvalue weighted by molar-refractivity contribution is -0.374. The van der Waals surface area contributed by atoms with Gasteiger partial charge in [0, 0.05) is 10.8 Å². The zero-order valence-corrected chi connectivity index (χ0v) is 46.6. The van der Waals surface area contributed by atoms with E-state index < -0.39 is 177 Å². The molecule has 0 bridgehead atoms. The van der Waals surface area contributed by atoms with Crippen molar-refractivity contribution in [2.45, 2.75) is 267 Å². The molecule has 4 aliphatic carbocycles.